The molecule has 0 radical (unpaired) electrons. The van der Waals surface area contributed by atoms with Crippen LogP contribution in [0, 0.1) is 0 Å². The van der Waals surface area contributed by atoms with Crippen molar-refractivity contribution >= 4 is 8.80 Å². The van der Waals surface area contributed by atoms with E-state index in [1.165, 1.54) is 178 Å². The molecule has 0 amide bonds. The second-order valence-corrected chi connectivity index (χ2v) is 18.7. The van der Waals surface area contributed by atoms with Gasteiger partial charge in [-0.2, -0.15) is 0 Å². The first-order valence-electron chi connectivity index (χ1n) is 22.8. The fourth-order valence-corrected chi connectivity index (χ4v) is 9.78. The average Bonchev–Trinajstić information content (AvgIpc) is 3.09. The highest BCUT2D eigenvalue weighted by Gasteiger charge is 2.41. The maximum absolute atomic E-state index is 6.62. The van der Waals surface area contributed by atoms with E-state index in [4.69, 9.17) is 13.3 Å². The highest BCUT2D eigenvalue weighted by Crippen LogP contribution is 2.23. The van der Waals surface area contributed by atoms with Gasteiger partial charge in [0.05, 0.1) is 26.7 Å². The minimum absolute atomic E-state index is 0. The fraction of sp³-hybridized carbons (Fsp3) is 1.00. The van der Waals surface area contributed by atoms with Crippen LogP contribution in [0.3, 0.4) is 0 Å². The van der Waals surface area contributed by atoms with Crippen molar-refractivity contribution < 1.29 is 30.2 Å². The molecule has 0 N–H and O–H groups in total. The molecular weight excluding hydrogens is 654 g/mol. The van der Waals surface area contributed by atoms with Gasteiger partial charge in [-0.05, 0) is 44.9 Å². The maximum Gasteiger partial charge on any atom is 0.501 e. The normalized spacial score (nSPS) is 12.1. The topological polar surface area (TPSA) is 27.7 Å². The smallest absolute Gasteiger partial charge is 0.501 e. The number of nitrogens with zero attached hydrogens (tertiary/aromatic N) is 1. The van der Waals surface area contributed by atoms with Crippen molar-refractivity contribution in [3.05, 3.63) is 0 Å². The molecule has 0 aliphatic carbocycles. The van der Waals surface area contributed by atoms with Crippen molar-refractivity contribution in [2.75, 3.05) is 46.5 Å². The molecule has 0 heterocycles. The first-order chi connectivity index (χ1) is 24.0. The number of unbranched alkanes of at least 4 members (excludes halogenated alkanes) is 25. The number of rotatable bonds is 42. The summed E-state index contributed by atoms with van der Waals surface area (Å²) in [6.45, 7) is 17.6. The van der Waals surface area contributed by atoms with Crippen molar-refractivity contribution in [2.45, 2.75) is 240 Å². The van der Waals surface area contributed by atoms with Crippen LogP contribution in [0.4, 0.5) is 0 Å². The second kappa shape index (κ2) is 40.5. The molecule has 0 saturated heterocycles. The van der Waals surface area contributed by atoms with Gasteiger partial charge in [0.1, 0.15) is 0 Å². The van der Waals surface area contributed by atoms with E-state index in [0.717, 1.165) is 70.8 Å². The van der Waals surface area contributed by atoms with E-state index < -0.39 is 8.80 Å². The molecule has 0 unspecified atom stereocenters. The summed E-state index contributed by atoms with van der Waals surface area (Å²) in [6.07, 6.45) is 42.1. The summed E-state index contributed by atoms with van der Waals surface area (Å²) in [6, 6.07) is 0.981. The summed E-state index contributed by atoms with van der Waals surface area (Å²) in [5.41, 5.74) is 0. The molecule has 0 spiro atoms. The molecule has 0 aliphatic heterocycles. The zero-order chi connectivity index (χ0) is 36.0. The van der Waals surface area contributed by atoms with Crippen LogP contribution in [0.15, 0.2) is 0 Å². The van der Waals surface area contributed by atoms with Crippen molar-refractivity contribution in [2.24, 2.45) is 0 Å². The van der Waals surface area contributed by atoms with Gasteiger partial charge in [0.15, 0.2) is 0 Å². The minimum Gasteiger partial charge on any atom is -1.00 e. The van der Waals surface area contributed by atoms with Gasteiger partial charge in [0, 0.05) is 32.3 Å². The Morgan fingerprint density at radius 3 is 0.840 bits per heavy atom. The highest BCUT2D eigenvalue weighted by molar-refractivity contribution is 6.60. The van der Waals surface area contributed by atoms with E-state index in [1.807, 2.05) is 0 Å². The summed E-state index contributed by atoms with van der Waals surface area (Å²) in [5.74, 6) is 0. The van der Waals surface area contributed by atoms with Crippen LogP contribution < -0.4 is 12.4 Å². The van der Waals surface area contributed by atoms with Gasteiger partial charge in [-0.3, -0.25) is 0 Å². The third-order valence-electron chi connectivity index (χ3n) is 10.7. The highest BCUT2D eigenvalue weighted by atomic mass is 35.5. The number of hydrogen-bond donors (Lipinski definition) is 0. The molecule has 304 valence electrons. The Labute approximate surface area is 324 Å². The molecule has 0 aromatic carbocycles. The van der Waals surface area contributed by atoms with Crippen molar-refractivity contribution in [3.63, 3.8) is 0 Å². The third-order valence-corrected chi connectivity index (χ3v) is 13.6. The molecule has 0 bridgehead atoms. The Morgan fingerprint density at radius 2 is 0.560 bits per heavy atom. The second-order valence-electron chi connectivity index (χ2n) is 16.0. The lowest BCUT2D eigenvalue weighted by Gasteiger charge is -2.36. The summed E-state index contributed by atoms with van der Waals surface area (Å²) in [5, 5.41) is 0. The van der Waals surface area contributed by atoms with Crippen LogP contribution in [0.2, 0.25) is 6.04 Å². The largest absolute Gasteiger partial charge is 1.00 e. The van der Waals surface area contributed by atoms with Gasteiger partial charge in [-0.25, -0.2) is 0 Å². The van der Waals surface area contributed by atoms with E-state index in [0.29, 0.717) is 0 Å². The van der Waals surface area contributed by atoms with Crippen LogP contribution >= 0.6 is 0 Å². The Bertz CT molecular complexity index is 586. The van der Waals surface area contributed by atoms with E-state index in [2.05, 4.69) is 41.7 Å². The minimum atomic E-state index is -2.66. The van der Waals surface area contributed by atoms with Gasteiger partial charge in [-0.1, -0.05) is 182 Å². The fourth-order valence-electron chi connectivity index (χ4n) is 7.14. The summed E-state index contributed by atoms with van der Waals surface area (Å²) < 4.78 is 21.1. The van der Waals surface area contributed by atoms with Crippen LogP contribution in [0.1, 0.15) is 234 Å². The maximum atomic E-state index is 6.62. The van der Waals surface area contributed by atoms with E-state index in [1.54, 1.807) is 0 Å². The monoisotopic (exact) mass is 748 g/mol. The predicted molar refractivity (Wildman–Crippen MR) is 221 cm³/mol. The van der Waals surface area contributed by atoms with E-state index >= 15 is 0 Å². The first-order valence-corrected chi connectivity index (χ1v) is 24.7. The Morgan fingerprint density at radius 1 is 0.320 bits per heavy atom. The standard InChI is InChI=1S/C44H94NO3Si.ClH/c1-7-12-17-19-21-23-25-27-29-31-33-35-38-45(6,39-36-34-32-30-28-26-24-22-20-18-13-8-2)40-37-44-49(46-41-14-9-3,47-42-15-10-4)48-43-16-11-5;/h7-44H2,1-6H3;1H/q+1;/p-1. The molecule has 6 heteroatoms. The van der Waals surface area contributed by atoms with Gasteiger partial charge in [-0.15, -0.1) is 0 Å². The van der Waals surface area contributed by atoms with Crippen molar-refractivity contribution in [1.82, 2.24) is 0 Å². The lowest BCUT2D eigenvalue weighted by atomic mass is 10.0. The lowest BCUT2D eigenvalue weighted by Crippen LogP contribution is -3.00. The Balaban J connectivity index is 0. The molecule has 0 atom stereocenters. The molecular formula is C44H94ClNO3Si. The van der Waals surface area contributed by atoms with Crippen molar-refractivity contribution in [3.8, 4) is 0 Å². The number of quaternary nitrogens is 1. The van der Waals surface area contributed by atoms with Gasteiger partial charge in [0.2, 0.25) is 0 Å². The molecule has 0 aromatic heterocycles. The van der Waals surface area contributed by atoms with Crippen LogP contribution in [-0.2, 0) is 13.3 Å². The SMILES string of the molecule is CCCCCCCCCCCCCC[N+](C)(CCCCCCCCCCCCCC)CCC[Si](OCCCC)(OCCCC)OCCCC.[Cl-]. The van der Waals surface area contributed by atoms with Gasteiger partial charge < -0.3 is 30.2 Å². The van der Waals surface area contributed by atoms with Crippen LogP contribution in [0.5, 0.6) is 0 Å². The summed E-state index contributed by atoms with van der Waals surface area (Å²) >= 11 is 0. The molecule has 0 aromatic rings. The summed E-state index contributed by atoms with van der Waals surface area (Å²) in [4.78, 5) is 0. The predicted octanol–water partition coefficient (Wildman–Crippen LogP) is 11.6. The Kier molecular flexibility index (Phi) is 42.5. The third kappa shape index (κ3) is 34.1. The molecule has 0 fully saturated rings. The first kappa shape index (κ1) is 52.5. The quantitative estimate of drug-likeness (QED) is 0.0353. The number of hydrogen-bond acceptors (Lipinski definition) is 3. The molecule has 0 saturated carbocycles. The van der Waals surface area contributed by atoms with Crippen molar-refractivity contribution in [1.29, 1.82) is 0 Å². The van der Waals surface area contributed by atoms with Crippen LogP contribution in [0.25, 0.3) is 0 Å². The van der Waals surface area contributed by atoms with Gasteiger partial charge >= 0.3 is 8.80 Å². The molecule has 4 nitrogen and oxygen atoms in total. The van der Waals surface area contributed by atoms with Crippen LogP contribution in [-0.4, -0.2) is 59.8 Å². The van der Waals surface area contributed by atoms with Gasteiger partial charge in [0.25, 0.3) is 0 Å². The lowest BCUT2D eigenvalue weighted by molar-refractivity contribution is -0.910. The molecule has 0 rings (SSSR count). The average molecular weight is 749 g/mol. The zero-order valence-corrected chi connectivity index (χ0v) is 37.2. The zero-order valence-electron chi connectivity index (χ0n) is 35.4. The number of halogens is 1. The van der Waals surface area contributed by atoms with E-state index in [9.17, 15) is 0 Å². The molecule has 0 aliphatic rings. The van der Waals surface area contributed by atoms with E-state index in [-0.39, 0.29) is 12.4 Å². The molecule has 50 heavy (non-hydrogen) atoms. The Hall–Kier alpha value is 0.347. The summed E-state index contributed by atoms with van der Waals surface area (Å²) in [7, 11) is -0.0931.